The monoisotopic (exact) mass is 880 g/mol. The summed E-state index contributed by atoms with van der Waals surface area (Å²) in [7, 11) is 0. The molecule has 338 valence electrons. The van der Waals surface area contributed by atoms with E-state index in [9.17, 15) is 0 Å². The number of likely N-dealkylation sites (tertiary alicyclic amines) is 1. The molecule has 0 aliphatic carbocycles. The number of nitrogens with one attached hydrogen (secondary N) is 3. The number of rotatable bonds is 14. The van der Waals surface area contributed by atoms with Gasteiger partial charge in [0, 0.05) is 74.8 Å². The molecule has 1 atom stereocenters. The van der Waals surface area contributed by atoms with Crippen LogP contribution < -0.4 is 20.9 Å². The van der Waals surface area contributed by atoms with Crippen molar-refractivity contribution >= 4 is 64.9 Å². The first kappa shape index (κ1) is 44.2. The van der Waals surface area contributed by atoms with Crippen LogP contribution in [-0.2, 0) is 0 Å². The molecule has 6 heterocycles. The Bertz CT molecular complexity index is 2660. The molecule has 0 saturated carbocycles. The normalized spacial score (nSPS) is 18.1. The van der Waals surface area contributed by atoms with Crippen LogP contribution in [0.5, 0.6) is 0 Å². The van der Waals surface area contributed by atoms with Crippen molar-refractivity contribution < 1.29 is 0 Å². The third kappa shape index (κ3) is 11.6. The van der Waals surface area contributed by atoms with Crippen LogP contribution in [-0.4, -0.2) is 91.9 Å². The lowest BCUT2D eigenvalue weighted by Crippen LogP contribution is -2.48. The van der Waals surface area contributed by atoms with Crippen molar-refractivity contribution in [2.45, 2.75) is 76.7 Å². The number of benzene rings is 3. The average Bonchev–Trinajstić information content (AvgIpc) is 3.76. The smallest absolute Gasteiger partial charge is 0.160 e. The number of piperidine rings is 3. The van der Waals surface area contributed by atoms with Gasteiger partial charge in [0.1, 0.15) is 23.3 Å². The molecule has 3 aromatic carbocycles. The van der Waals surface area contributed by atoms with Gasteiger partial charge in [-0.15, -0.1) is 0 Å². The second-order valence-corrected chi connectivity index (χ2v) is 18.0. The van der Waals surface area contributed by atoms with E-state index in [1.165, 1.54) is 24.0 Å². The molecule has 3 aliphatic heterocycles. The lowest BCUT2D eigenvalue weighted by Gasteiger charge is -2.42. The number of hydrogen-bond acceptors (Lipinski definition) is 11. The Hall–Kier alpha value is -6.99. The minimum Gasteiger partial charge on any atom is -0.387 e. The second kappa shape index (κ2) is 20.9. The number of aromatic nitrogens is 6. The van der Waals surface area contributed by atoms with Crippen LogP contribution in [0.15, 0.2) is 108 Å². The van der Waals surface area contributed by atoms with Crippen LogP contribution in [0.25, 0.3) is 24.3 Å². The third-order valence-electron chi connectivity index (χ3n) is 13.0. The topological polar surface area (TPSA) is 164 Å². The molecular weight excluding hydrogens is 819 g/mol. The largest absolute Gasteiger partial charge is 0.387 e. The minimum absolute atomic E-state index is 0.307. The molecule has 3 fully saturated rings. The Morgan fingerprint density at radius 3 is 2.06 bits per heavy atom. The van der Waals surface area contributed by atoms with E-state index < -0.39 is 0 Å². The SMILES string of the molecule is CC(=N)CC(N)=Nc1cc(N2CCC(c3ccccc3)CC2)nc(/C=C/c2cccc(C3CCCN(C4CCN(c5cc(Nc6cc(C)[nH]n6)nc(/C=C/c6ccccc6)n5)CC4)C3)c2)n1. The Morgan fingerprint density at radius 1 is 0.697 bits per heavy atom. The van der Waals surface area contributed by atoms with Gasteiger partial charge in [0.15, 0.2) is 23.3 Å². The van der Waals surface area contributed by atoms with Crippen LogP contribution in [0.3, 0.4) is 0 Å². The van der Waals surface area contributed by atoms with Crippen LogP contribution in [0.2, 0.25) is 0 Å². The van der Waals surface area contributed by atoms with Gasteiger partial charge in [-0.05, 0) is 105 Å². The van der Waals surface area contributed by atoms with Crippen molar-refractivity contribution in [3.8, 4) is 0 Å². The number of aryl methyl sites for hydroxylation is 1. The molecule has 13 nitrogen and oxygen atoms in total. The van der Waals surface area contributed by atoms with E-state index in [-0.39, 0.29) is 0 Å². The molecule has 3 aliphatic rings. The second-order valence-electron chi connectivity index (χ2n) is 18.0. The van der Waals surface area contributed by atoms with Crippen molar-refractivity contribution in [2.75, 3.05) is 54.4 Å². The zero-order valence-electron chi connectivity index (χ0n) is 38.2. The highest BCUT2D eigenvalue weighted by Gasteiger charge is 2.30. The fourth-order valence-corrected chi connectivity index (χ4v) is 9.62. The summed E-state index contributed by atoms with van der Waals surface area (Å²) >= 11 is 0. The molecule has 0 radical (unpaired) electrons. The van der Waals surface area contributed by atoms with Gasteiger partial charge in [-0.25, -0.2) is 24.9 Å². The summed E-state index contributed by atoms with van der Waals surface area (Å²) in [5.41, 5.74) is 12.7. The van der Waals surface area contributed by atoms with E-state index in [4.69, 9.17) is 31.1 Å². The molecule has 13 heteroatoms. The number of aromatic amines is 1. The predicted molar refractivity (Wildman–Crippen MR) is 270 cm³/mol. The first-order valence-electron chi connectivity index (χ1n) is 23.5. The Morgan fingerprint density at radius 2 is 1.35 bits per heavy atom. The Kier molecular flexibility index (Phi) is 14.0. The van der Waals surface area contributed by atoms with E-state index >= 15 is 0 Å². The lowest BCUT2D eigenvalue weighted by molar-refractivity contribution is 0.128. The molecule has 5 N–H and O–H groups in total. The first-order chi connectivity index (χ1) is 32.3. The minimum atomic E-state index is 0.307. The quantitative estimate of drug-likeness (QED) is 0.0612. The number of aliphatic imine (C=N–C) groups is 1. The number of nitrogens with two attached hydrogens (primary N) is 1. The summed E-state index contributed by atoms with van der Waals surface area (Å²) in [5.74, 6) is 6.40. The van der Waals surface area contributed by atoms with Gasteiger partial charge in [-0.3, -0.25) is 10.00 Å². The maximum atomic E-state index is 7.92. The summed E-state index contributed by atoms with van der Waals surface area (Å²) < 4.78 is 0. The van der Waals surface area contributed by atoms with Crippen molar-refractivity contribution in [2.24, 2.45) is 10.7 Å². The third-order valence-corrected chi connectivity index (χ3v) is 13.0. The molecule has 66 heavy (non-hydrogen) atoms. The molecule has 0 amide bonds. The summed E-state index contributed by atoms with van der Waals surface area (Å²) in [6.45, 7) is 9.59. The van der Waals surface area contributed by atoms with Crippen LogP contribution in [0.4, 0.5) is 29.1 Å². The number of anilines is 4. The van der Waals surface area contributed by atoms with Crippen molar-refractivity contribution in [1.29, 1.82) is 5.41 Å². The Labute approximate surface area is 388 Å². The van der Waals surface area contributed by atoms with E-state index in [0.29, 0.717) is 53.3 Å². The summed E-state index contributed by atoms with van der Waals surface area (Å²) in [6, 6.07) is 36.5. The van der Waals surface area contributed by atoms with E-state index in [1.54, 1.807) is 6.92 Å². The fourth-order valence-electron chi connectivity index (χ4n) is 9.62. The highest BCUT2D eigenvalue weighted by Crippen LogP contribution is 2.34. The number of H-pyrrole nitrogens is 1. The standard InChI is InChI=1S/C53H61N13/c1-37(54)31-46(55)56-49-34-52(64-27-22-42(23-28-64)41-14-7-4-8-15-41)61-48(57-49)21-19-40-13-9-16-43(33-40)44-17-10-26-66(36-44)45-24-29-65(30-25-45)53-35-50(59-51-32-38(2)62-63-51)58-47(60-53)20-18-39-11-5-3-6-12-39/h3-9,11-16,18-21,32-35,42,44-45,54H,10,17,22-31,36H2,1-2H3,(H2,55,56,57,61)(H2,58,59,60,62,63)/b20-18+,21-19+,54-37?. The number of amidine groups is 1. The molecule has 0 bridgehead atoms. The van der Waals surface area contributed by atoms with Gasteiger partial charge < -0.3 is 26.3 Å². The van der Waals surface area contributed by atoms with Gasteiger partial charge >= 0.3 is 0 Å². The van der Waals surface area contributed by atoms with Crippen molar-refractivity contribution in [1.82, 2.24) is 35.0 Å². The first-order valence-corrected chi connectivity index (χ1v) is 23.5. The summed E-state index contributed by atoms with van der Waals surface area (Å²) in [4.78, 5) is 31.8. The maximum Gasteiger partial charge on any atom is 0.160 e. The molecule has 1 unspecified atom stereocenters. The zero-order valence-corrected chi connectivity index (χ0v) is 38.2. The summed E-state index contributed by atoms with van der Waals surface area (Å²) in [5, 5.41) is 18.7. The van der Waals surface area contributed by atoms with Gasteiger partial charge in [0.05, 0.1) is 0 Å². The van der Waals surface area contributed by atoms with Crippen LogP contribution >= 0.6 is 0 Å². The highest BCUT2D eigenvalue weighted by atomic mass is 15.3. The van der Waals surface area contributed by atoms with E-state index in [0.717, 1.165) is 105 Å². The molecule has 3 saturated heterocycles. The van der Waals surface area contributed by atoms with E-state index in [1.807, 2.05) is 55.5 Å². The fraction of sp³-hybridized carbons (Fsp3) is 0.340. The van der Waals surface area contributed by atoms with Gasteiger partial charge in [-0.1, -0.05) is 97.1 Å². The van der Waals surface area contributed by atoms with E-state index in [2.05, 4.69) is 114 Å². The van der Waals surface area contributed by atoms with Crippen LogP contribution in [0, 0.1) is 12.3 Å². The van der Waals surface area contributed by atoms with Crippen LogP contribution in [0.1, 0.15) is 103 Å². The highest BCUT2D eigenvalue weighted by molar-refractivity contribution is 6.01. The summed E-state index contributed by atoms with van der Waals surface area (Å²) in [6.07, 6.45) is 15.1. The average molecular weight is 880 g/mol. The van der Waals surface area contributed by atoms with Crippen molar-refractivity contribution in [3.63, 3.8) is 0 Å². The molecular formula is C53H61N13. The number of nitrogens with zero attached hydrogens (tertiary/aromatic N) is 9. The Balaban J connectivity index is 0.856. The number of hydrogen-bond donors (Lipinski definition) is 4. The van der Waals surface area contributed by atoms with Gasteiger partial charge in [-0.2, -0.15) is 5.10 Å². The van der Waals surface area contributed by atoms with Crippen molar-refractivity contribution in [3.05, 3.63) is 143 Å². The molecule has 9 rings (SSSR count). The molecule has 0 spiro atoms. The van der Waals surface area contributed by atoms with Gasteiger partial charge in [0.2, 0.25) is 0 Å². The predicted octanol–water partition coefficient (Wildman–Crippen LogP) is 10.0. The van der Waals surface area contributed by atoms with Gasteiger partial charge in [0.25, 0.3) is 0 Å². The molecule has 6 aromatic rings. The zero-order chi connectivity index (χ0) is 45.2. The maximum absolute atomic E-state index is 7.92. The molecule has 3 aromatic heterocycles. The lowest BCUT2D eigenvalue weighted by atomic mass is 9.88.